The van der Waals surface area contributed by atoms with E-state index in [9.17, 15) is 9.90 Å². The highest BCUT2D eigenvalue weighted by molar-refractivity contribution is 5.94. The molecule has 1 saturated heterocycles. The van der Waals surface area contributed by atoms with Crippen LogP contribution in [0.5, 0.6) is 0 Å². The van der Waals surface area contributed by atoms with E-state index in [-0.39, 0.29) is 6.61 Å². The third-order valence-electron chi connectivity index (χ3n) is 3.65. The minimum Gasteiger partial charge on any atom is -0.479 e. The maximum absolute atomic E-state index is 11.6. The number of aromatic nitrogens is 1. The van der Waals surface area contributed by atoms with Gasteiger partial charge in [-0.1, -0.05) is 18.2 Å². The van der Waals surface area contributed by atoms with E-state index >= 15 is 0 Å². The molecule has 0 radical (unpaired) electrons. The standard InChI is InChI=1S/C15H16N2O3/c1-10-8-13(11-4-2-3-5-12(11)16-10)17-15(14(18)19)6-7-20-9-15/h2-5,8H,6-7,9H2,1H3,(H,16,17)(H,18,19). The first-order valence-electron chi connectivity index (χ1n) is 6.56. The Hall–Kier alpha value is -2.14. The first-order valence-corrected chi connectivity index (χ1v) is 6.56. The van der Waals surface area contributed by atoms with Crippen molar-refractivity contribution >= 4 is 22.6 Å². The van der Waals surface area contributed by atoms with Crippen molar-refractivity contribution in [3.05, 3.63) is 36.0 Å². The van der Waals surface area contributed by atoms with E-state index in [1.165, 1.54) is 0 Å². The van der Waals surface area contributed by atoms with Gasteiger partial charge in [0, 0.05) is 29.8 Å². The number of benzene rings is 1. The van der Waals surface area contributed by atoms with E-state index in [2.05, 4.69) is 10.3 Å². The molecule has 0 spiro atoms. The first kappa shape index (κ1) is 12.9. The average molecular weight is 272 g/mol. The van der Waals surface area contributed by atoms with Crippen LogP contribution in [0.15, 0.2) is 30.3 Å². The fourth-order valence-corrected chi connectivity index (χ4v) is 2.55. The molecule has 1 atom stereocenters. The van der Waals surface area contributed by atoms with Gasteiger partial charge < -0.3 is 15.2 Å². The Balaban J connectivity index is 2.08. The largest absolute Gasteiger partial charge is 0.479 e. The molecule has 20 heavy (non-hydrogen) atoms. The predicted molar refractivity (Wildman–Crippen MR) is 75.9 cm³/mol. The Morgan fingerprint density at radius 1 is 1.45 bits per heavy atom. The summed E-state index contributed by atoms with van der Waals surface area (Å²) in [7, 11) is 0. The lowest BCUT2D eigenvalue weighted by Gasteiger charge is -2.26. The molecule has 0 saturated carbocycles. The summed E-state index contributed by atoms with van der Waals surface area (Å²) in [5.74, 6) is -0.881. The van der Waals surface area contributed by atoms with Gasteiger partial charge in [0.25, 0.3) is 0 Å². The van der Waals surface area contributed by atoms with Crippen molar-refractivity contribution < 1.29 is 14.6 Å². The number of nitrogens with one attached hydrogen (secondary N) is 1. The van der Waals surface area contributed by atoms with Crippen LogP contribution < -0.4 is 5.32 Å². The Labute approximate surface area is 116 Å². The lowest BCUT2D eigenvalue weighted by Crippen LogP contribution is -2.47. The van der Waals surface area contributed by atoms with E-state index < -0.39 is 11.5 Å². The second-order valence-corrected chi connectivity index (χ2v) is 5.14. The molecule has 5 heteroatoms. The van der Waals surface area contributed by atoms with Crippen molar-refractivity contribution in [3.8, 4) is 0 Å². The van der Waals surface area contributed by atoms with E-state index in [1.54, 1.807) is 0 Å². The highest BCUT2D eigenvalue weighted by Gasteiger charge is 2.42. The molecule has 2 heterocycles. The van der Waals surface area contributed by atoms with Gasteiger partial charge in [-0.3, -0.25) is 4.98 Å². The average Bonchev–Trinajstić information content (AvgIpc) is 2.88. The van der Waals surface area contributed by atoms with Crippen molar-refractivity contribution in [1.82, 2.24) is 4.98 Å². The molecule has 5 nitrogen and oxygen atoms in total. The summed E-state index contributed by atoms with van der Waals surface area (Å²) >= 11 is 0. The summed E-state index contributed by atoms with van der Waals surface area (Å²) in [6, 6.07) is 9.58. The minimum absolute atomic E-state index is 0.179. The minimum atomic E-state index is -1.05. The van der Waals surface area contributed by atoms with Gasteiger partial charge in [0.2, 0.25) is 0 Å². The van der Waals surface area contributed by atoms with Gasteiger partial charge in [-0.05, 0) is 19.1 Å². The van der Waals surface area contributed by atoms with Crippen molar-refractivity contribution in [2.75, 3.05) is 18.5 Å². The number of aryl methyl sites for hydroxylation is 1. The molecular formula is C15H16N2O3. The van der Waals surface area contributed by atoms with Gasteiger partial charge in [0.05, 0.1) is 12.1 Å². The van der Waals surface area contributed by atoms with Crippen molar-refractivity contribution in [1.29, 1.82) is 0 Å². The number of ether oxygens (including phenoxy) is 1. The third kappa shape index (κ3) is 2.10. The van der Waals surface area contributed by atoms with Crippen LogP contribution in [0.25, 0.3) is 10.9 Å². The van der Waals surface area contributed by atoms with Gasteiger partial charge in [-0.25, -0.2) is 4.79 Å². The Morgan fingerprint density at radius 2 is 2.25 bits per heavy atom. The zero-order valence-corrected chi connectivity index (χ0v) is 11.2. The monoisotopic (exact) mass is 272 g/mol. The quantitative estimate of drug-likeness (QED) is 0.896. The molecule has 1 aliphatic rings. The smallest absolute Gasteiger partial charge is 0.331 e. The summed E-state index contributed by atoms with van der Waals surface area (Å²) in [4.78, 5) is 16.1. The molecule has 2 aromatic rings. The fourth-order valence-electron chi connectivity index (χ4n) is 2.55. The van der Waals surface area contributed by atoms with Crippen molar-refractivity contribution in [2.24, 2.45) is 0 Å². The number of carboxylic acids is 1. The molecule has 3 rings (SSSR count). The van der Waals surface area contributed by atoms with Crippen LogP contribution in [0.1, 0.15) is 12.1 Å². The zero-order chi connectivity index (χ0) is 14.2. The SMILES string of the molecule is Cc1cc(NC2(C(=O)O)CCOC2)c2ccccc2n1. The van der Waals surface area contributed by atoms with Gasteiger partial charge >= 0.3 is 5.97 Å². The Kier molecular flexibility index (Phi) is 3.06. The van der Waals surface area contributed by atoms with Crippen LogP contribution in [0.3, 0.4) is 0 Å². The number of nitrogens with zero attached hydrogens (tertiary/aromatic N) is 1. The summed E-state index contributed by atoms with van der Waals surface area (Å²) in [6.45, 7) is 2.54. The number of aliphatic carboxylic acids is 1. The number of hydrogen-bond acceptors (Lipinski definition) is 4. The highest BCUT2D eigenvalue weighted by atomic mass is 16.5. The second-order valence-electron chi connectivity index (χ2n) is 5.14. The number of hydrogen-bond donors (Lipinski definition) is 2. The Bertz CT molecular complexity index is 663. The van der Waals surface area contributed by atoms with Crippen LogP contribution in [-0.2, 0) is 9.53 Å². The molecule has 104 valence electrons. The van der Waals surface area contributed by atoms with Crippen LogP contribution in [-0.4, -0.2) is 34.8 Å². The van der Waals surface area contributed by atoms with E-state index in [0.717, 1.165) is 22.3 Å². The molecule has 1 aromatic heterocycles. The van der Waals surface area contributed by atoms with E-state index in [4.69, 9.17) is 4.74 Å². The molecule has 0 bridgehead atoms. The molecule has 1 aromatic carbocycles. The number of pyridine rings is 1. The van der Waals surface area contributed by atoms with Crippen LogP contribution >= 0.6 is 0 Å². The molecule has 1 unspecified atom stereocenters. The lowest BCUT2D eigenvalue weighted by molar-refractivity contribution is -0.142. The van der Waals surface area contributed by atoms with Gasteiger partial charge in [0.1, 0.15) is 0 Å². The number of rotatable bonds is 3. The Morgan fingerprint density at radius 3 is 2.95 bits per heavy atom. The number of anilines is 1. The number of carboxylic acid groups (broad SMARTS) is 1. The summed E-state index contributed by atoms with van der Waals surface area (Å²) in [5.41, 5.74) is 1.46. The van der Waals surface area contributed by atoms with Crippen molar-refractivity contribution in [2.45, 2.75) is 18.9 Å². The molecule has 2 N–H and O–H groups in total. The van der Waals surface area contributed by atoms with Crippen molar-refractivity contribution in [3.63, 3.8) is 0 Å². The lowest BCUT2D eigenvalue weighted by atomic mass is 9.98. The predicted octanol–water partition coefficient (Wildman–Crippen LogP) is 2.20. The van der Waals surface area contributed by atoms with Gasteiger partial charge in [-0.15, -0.1) is 0 Å². The van der Waals surface area contributed by atoms with Crippen LogP contribution in [0.4, 0.5) is 5.69 Å². The maximum atomic E-state index is 11.6. The number of carbonyl (C=O) groups is 1. The third-order valence-corrected chi connectivity index (χ3v) is 3.65. The van der Waals surface area contributed by atoms with Crippen LogP contribution in [0, 0.1) is 6.92 Å². The van der Waals surface area contributed by atoms with Crippen LogP contribution in [0.2, 0.25) is 0 Å². The van der Waals surface area contributed by atoms with Gasteiger partial charge in [-0.2, -0.15) is 0 Å². The normalized spacial score (nSPS) is 22.1. The van der Waals surface area contributed by atoms with E-state index in [1.807, 2.05) is 37.3 Å². The number of para-hydroxylation sites is 1. The molecule has 1 aliphatic heterocycles. The van der Waals surface area contributed by atoms with Gasteiger partial charge in [0.15, 0.2) is 5.54 Å². The van der Waals surface area contributed by atoms with E-state index in [0.29, 0.717) is 13.0 Å². The molecule has 0 aliphatic carbocycles. The second kappa shape index (κ2) is 4.76. The summed E-state index contributed by atoms with van der Waals surface area (Å²) in [6.07, 6.45) is 0.456. The molecule has 1 fully saturated rings. The summed E-state index contributed by atoms with van der Waals surface area (Å²) < 4.78 is 5.28. The maximum Gasteiger partial charge on any atom is 0.331 e. The summed E-state index contributed by atoms with van der Waals surface area (Å²) in [5, 5.41) is 13.6. The highest BCUT2D eigenvalue weighted by Crippen LogP contribution is 2.29. The zero-order valence-electron chi connectivity index (χ0n) is 11.2. The fraction of sp³-hybridized carbons (Fsp3) is 0.333. The molecular weight excluding hydrogens is 256 g/mol. The first-order chi connectivity index (χ1) is 9.61. The topological polar surface area (TPSA) is 71.5 Å². The molecule has 0 amide bonds. The number of fused-ring (bicyclic) bond motifs is 1.